The van der Waals surface area contributed by atoms with Crippen LogP contribution in [0.5, 0.6) is 0 Å². The molecule has 1 aromatic carbocycles. The summed E-state index contributed by atoms with van der Waals surface area (Å²) in [7, 11) is 0. The Morgan fingerprint density at radius 1 is 1.33 bits per heavy atom. The average Bonchev–Trinajstić information content (AvgIpc) is 2.51. The molecule has 1 N–H and O–H groups in total. The van der Waals surface area contributed by atoms with Gasteiger partial charge in [0, 0.05) is 22.3 Å². The van der Waals surface area contributed by atoms with E-state index in [0.29, 0.717) is 18.3 Å². The van der Waals surface area contributed by atoms with Gasteiger partial charge in [0.05, 0.1) is 12.2 Å². The lowest BCUT2D eigenvalue weighted by atomic mass is 9.83. The number of halogens is 1. The van der Waals surface area contributed by atoms with Gasteiger partial charge < -0.3 is 9.84 Å². The quantitative estimate of drug-likeness (QED) is 0.730. The number of benzene rings is 1. The zero-order valence-corrected chi connectivity index (χ0v) is 14.2. The van der Waals surface area contributed by atoms with Crippen molar-refractivity contribution in [1.82, 2.24) is 0 Å². The van der Waals surface area contributed by atoms with Crippen LogP contribution in [0.15, 0.2) is 29.2 Å². The van der Waals surface area contributed by atoms with Gasteiger partial charge >= 0.3 is 0 Å². The molecule has 1 aliphatic rings. The topological polar surface area (TPSA) is 29.5 Å². The van der Waals surface area contributed by atoms with Crippen molar-refractivity contribution < 1.29 is 9.84 Å². The van der Waals surface area contributed by atoms with Crippen LogP contribution in [0.4, 0.5) is 0 Å². The van der Waals surface area contributed by atoms with Crippen molar-refractivity contribution in [3.05, 3.63) is 29.3 Å². The van der Waals surface area contributed by atoms with Gasteiger partial charge in [0.1, 0.15) is 0 Å². The first-order chi connectivity index (χ1) is 10.2. The first kappa shape index (κ1) is 17.1. The molecule has 2 unspecified atom stereocenters. The summed E-state index contributed by atoms with van der Waals surface area (Å²) in [6, 6.07) is 7.78. The van der Waals surface area contributed by atoms with Crippen molar-refractivity contribution in [3.8, 4) is 0 Å². The van der Waals surface area contributed by atoms with Gasteiger partial charge in [-0.05, 0) is 43.9 Å². The Balaban J connectivity index is 1.89. The van der Waals surface area contributed by atoms with Crippen LogP contribution in [-0.4, -0.2) is 29.7 Å². The highest BCUT2D eigenvalue weighted by Crippen LogP contribution is 2.31. The number of hydrogen-bond acceptors (Lipinski definition) is 3. The largest absolute Gasteiger partial charge is 0.390 e. The van der Waals surface area contributed by atoms with Gasteiger partial charge in [0.25, 0.3) is 0 Å². The maximum absolute atomic E-state index is 10.5. The zero-order chi connectivity index (χ0) is 15.1. The lowest BCUT2D eigenvalue weighted by Gasteiger charge is -2.33. The second kappa shape index (κ2) is 9.04. The van der Waals surface area contributed by atoms with Gasteiger partial charge in [-0.1, -0.05) is 36.9 Å². The predicted molar refractivity (Wildman–Crippen MR) is 90.2 cm³/mol. The van der Waals surface area contributed by atoms with Crippen molar-refractivity contribution in [1.29, 1.82) is 0 Å². The number of rotatable bonds is 7. The Kier molecular flexibility index (Phi) is 7.38. The number of aliphatic hydroxyl groups excluding tert-OH is 1. The van der Waals surface area contributed by atoms with Crippen LogP contribution in [0.2, 0.25) is 5.02 Å². The molecule has 1 aliphatic carbocycles. The van der Waals surface area contributed by atoms with E-state index in [1.165, 1.54) is 32.1 Å². The fourth-order valence-electron chi connectivity index (χ4n) is 3.05. The van der Waals surface area contributed by atoms with E-state index in [1.54, 1.807) is 11.8 Å². The number of hydrogen-bond donors (Lipinski definition) is 1. The van der Waals surface area contributed by atoms with Crippen molar-refractivity contribution in [2.24, 2.45) is 5.92 Å². The first-order valence-corrected chi connectivity index (χ1v) is 9.25. The monoisotopic (exact) mass is 328 g/mol. The molecule has 0 heterocycles. The summed E-state index contributed by atoms with van der Waals surface area (Å²) in [6.07, 6.45) is 5.78. The normalized spacial score (nSPS) is 19.4. The highest BCUT2D eigenvalue weighted by molar-refractivity contribution is 7.99. The lowest BCUT2D eigenvalue weighted by molar-refractivity contribution is -0.0631. The average molecular weight is 329 g/mol. The third-order valence-electron chi connectivity index (χ3n) is 4.07. The molecule has 0 aliphatic heterocycles. The molecule has 118 valence electrons. The summed E-state index contributed by atoms with van der Waals surface area (Å²) in [6.45, 7) is 2.67. The Morgan fingerprint density at radius 2 is 2.10 bits per heavy atom. The van der Waals surface area contributed by atoms with Crippen LogP contribution in [0.3, 0.4) is 0 Å². The van der Waals surface area contributed by atoms with Gasteiger partial charge in [0.15, 0.2) is 0 Å². The summed E-state index contributed by atoms with van der Waals surface area (Å²) < 4.78 is 5.87. The zero-order valence-electron chi connectivity index (χ0n) is 12.6. The van der Waals surface area contributed by atoms with E-state index in [1.807, 2.05) is 31.2 Å². The molecular weight excluding hydrogens is 304 g/mol. The molecule has 2 atom stereocenters. The summed E-state index contributed by atoms with van der Waals surface area (Å²) >= 11 is 7.64. The van der Waals surface area contributed by atoms with Gasteiger partial charge in [-0.15, -0.1) is 11.8 Å². The van der Waals surface area contributed by atoms with Gasteiger partial charge in [0.2, 0.25) is 0 Å². The second-order valence-electron chi connectivity index (χ2n) is 5.65. The van der Waals surface area contributed by atoms with Gasteiger partial charge in [-0.2, -0.15) is 0 Å². The first-order valence-electron chi connectivity index (χ1n) is 7.88. The Morgan fingerprint density at radius 3 is 2.76 bits per heavy atom. The fourth-order valence-corrected chi connectivity index (χ4v) is 4.24. The molecule has 2 rings (SSSR count). The van der Waals surface area contributed by atoms with Crippen molar-refractivity contribution in [2.45, 2.75) is 56.1 Å². The fraction of sp³-hybridized carbons (Fsp3) is 0.647. The Hall–Kier alpha value is -0.220. The van der Waals surface area contributed by atoms with E-state index in [4.69, 9.17) is 16.3 Å². The summed E-state index contributed by atoms with van der Waals surface area (Å²) in [5.41, 5.74) is 0. The Bertz CT molecular complexity index is 421. The summed E-state index contributed by atoms with van der Waals surface area (Å²) in [5.74, 6) is 1.16. The minimum Gasteiger partial charge on any atom is -0.390 e. The third-order valence-corrected chi connectivity index (χ3v) is 5.40. The SMILES string of the molecule is CCOC(C(O)CSc1cccc(Cl)c1)C1CCCCC1. The molecule has 2 nitrogen and oxygen atoms in total. The van der Waals surface area contributed by atoms with Crippen LogP contribution in [0.25, 0.3) is 0 Å². The van der Waals surface area contributed by atoms with Gasteiger partial charge in [-0.3, -0.25) is 0 Å². The van der Waals surface area contributed by atoms with Gasteiger partial charge in [-0.25, -0.2) is 0 Å². The molecule has 1 aromatic rings. The molecule has 0 radical (unpaired) electrons. The number of ether oxygens (including phenoxy) is 1. The molecule has 0 saturated heterocycles. The molecular formula is C17H25ClO2S. The van der Waals surface area contributed by atoms with Crippen molar-refractivity contribution >= 4 is 23.4 Å². The smallest absolute Gasteiger partial charge is 0.0898 e. The molecule has 0 aromatic heterocycles. The van der Waals surface area contributed by atoms with Crippen molar-refractivity contribution in [3.63, 3.8) is 0 Å². The number of thioether (sulfide) groups is 1. The van der Waals surface area contributed by atoms with E-state index in [-0.39, 0.29) is 6.10 Å². The maximum Gasteiger partial charge on any atom is 0.0898 e. The van der Waals surface area contributed by atoms with E-state index in [2.05, 4.69) is 0 Å². The highest BCUT2D eigenvalue weighted by Gasteiger charge is 2.30. The van der Waals surface area contributed by atoms with E-state index >= 15 is 0 Å². The molecule has 21 heavy (non-hydrogen) atoms. The van der Waals surface area contributed by atoms with Crippen LogP contribution >= 0.6 is 23.4 Å². The van der Waals surface area contributed by atoms with Crippen LogP contribution in [0.1, 0.15) is 39.0 Å². The molecule has 4 heteroatoms. The van der Waals surface area contributed by atoms with E-state index < -0.39 is 6.10 Å². The highest BCUT2D eigenvalue weighted by atomic mass is 35.5. The molecule has 0 amide bonds. The second-order valence-corrected chi connectivity index (χ2v) is 7.18. The molecule has 1 fully saturated rings. The van der Waals surface area contributed by atoms with Crippen molar-refractivity contribution in [2.75, 3.05) is 12.4 Å². The minimum atomic E-state index is -0.419. The van der Waals surface area contributed by atoms with E-state index in [9.17, 15) is 5.11 Å². The molecule has 0 spiro atoms. The summed E-state index contributed by atoms with van der Waals surface area (Å²) in [5, 5.41) is 11.3. The standard InChI is InChI=1S/C17H25ClO2S/c1-2-20-17(13-7-4-3-5-8-13)16(19)12-21-15-10-6-9-14(18)11-15/h6,9-11,13,16-17,19H,2-5,7-8,12H2,1H3. The predicted octanol–water partition coefficient (Wildman–Crippen LogP) is 4.78. The minimum absolute atomic E-state index is 0.0259. The van der Waals surface area contributed by atoms with Crippen LogP contribution in [-0.2, 0) is 4.74 Å². The van der Waals surface area contributed by atoms with Crippen LogP contribution in [0, 0.1) is 5.92 Å². The maximum atomic E-state index is 10.5. The van der Waals surface area contributed by atoms with E-state index in [0.717, 1.165) is 9.92 Å². The summed E-state index contributed by atoms with van der Waals surface area (Å²) in [4.78, 5) is 1.10. The molecule has 0 bridgehead atoms. The lowest BCUT2D eigenvalue weighted by Crippen LogP contribution is -2.38. The molecule has 1 saturated carbocycles. The Labute approximate surface area is 137 Å². The third kappa shape index (κ3) is 5.48. The number of aliphatic hydroxyl groups is 1. The van der Waals surface area contributed by atoms with Crippen LogP contribution < -0.4 is 0 Å².